The number of nitrogens with zero attached hydrogens (tertiary/aromatic N) is 1. The second kappa shape index (κ2) is 6.75. The first-order valence-corrected chi connectivity index (χ1v) is 5.11. The number of hydrogen-bond acceptors (Lipinski definition) is 4. The Labute approximate surface area is 84.6 Å². The van der Waals surface area contributed by atoms with Crippen molar-refractivity contribution < 1.29 is 9.53 Å². The monoisotopic (exact) mass is 201 g/mol. The van der Waals surface area contributed by atoms with Gasteiger partial charge in [0.05, 0.1) is 0 Å². The SMILES string of the molecule is NCCCOCC(=O)N1CCNCC1. The van der Waals surface area contributed by atoms with Gasteiger partial charge in [0.2, 0.25) is 5.91 Å². The van der Waals surface area contributed by atoms with Crippen LogP contribution < -0.4 is 11.1 Å². The maximum atomic E-state index is 11.5. The van der Waals surface area contributed by atoms with E-state index < -0.39 is 0 Å². The first-order valence-electron chi connectivity index (χ1n) is 5.11. The third-order valence-corrected chi connectivity index (χ3v) is 2.19. The van der Waals surface area contributed by atoms with Gasteiger partial charge in [0.25, 0.3) is 0 Å². The van der Waals surface area contributed by atoms with E-state index in [1.165, 1.54) is 0 Å². The van der Waals surface area contributed by atoms with E-state index in [1.807, 2.05) is 4.90 Å². The standard InChI is InChI=1S/C9H19N3O2/c10-2-1-7-14-8-9(13)12-5-3-11-4-6-12/h11H,1-8,10H2. The van der Waals surface area contributed by atoms with Gasteiger partial charge in [-0.1, -0.05) is 0 Å². The summed E-state index contributed by atoms with van der Waals surface area (Å²) >= 11 is 0. The van der Waals surface area contributed by atoms with E-state index in [2.05, 4.69) is 5.32 Å². The number of rotatable bonds is 5. The van der Waals surface area contributed by atoms with Gasteiger partial charge in [0, 0.05) is 32.8 Å². The Kier molecular flexibility index (Phi) is 5.51. The molecule has 0 unspecified atom stereocenters. The highest BCUT2D eigenvalue weighted by Gasteiger charge is 2.15. The summed E-state index contributed by atoms with van der Waals surface area (Å²) in [7, 11) is 0. The van der Waals surface area contributed by atoms with Crippen molar-refractivity contribution in [2.45, 2.75) is 6.42 Å². The number of carbonyl (C=O) groups excluding carboxylic acids is 1. The lowest BCUT2D eigenvalue weighted by Crippen LogP contribution is -2.47. The molecule has 0 atom stereocenters. The molecule has 14 heavy (non-hydrogen) atoms. The van der Waals surface area contributed by atoms with Crippen LogP contribution in [0.2, 0.25) is 0 Å². The fourth-order valence-electron chi connectivity index (χ4n) is 1.35. The maximum absolute atomic E-state index is 11.5. The Hall–Kier alpha value is -0.650. The van der Waals surface area contributed by atoms with Crippen molar-refractivity contribution in [1.82, 2.24) is 10.2 Å². The van der Waals surface area contributed by atoms with Crippen molar-refractivity contribution >= 4 is 5.91 Å². The van der Waals surface area contributed by atoms with E-state index in [-0.39, 0.29) is 12.5 Å². The van der Waals surface area contributed by atoms with Gasteiger partial charge < -0.3 is 20.7 Å². The number of amides is 1. The van der Waals surface area contributed by atoms with Crippen LogP contribution in [0.5, 0.6) is 0 Å². The Morgan fingerprint density at radius 2 is 2.14 bits per heavy atom. The van der Waals surface area contributed by atoms with Crippen LogP contribution in [0.3, 0.4) is 0 Å². The normalized spacial score (nSPS) is 17.1. The molecule has 0 aromatic carbocycles. The zero-order valence-electron chi connectivity index (χ0n) is 8.50. The molecule has 1 aliphatic heterocycles. The Bertz CT molecular complexity index is 169. The molecule has 0 radical (unpaired) electrons. The molecule has 1 aliphatic rings. The number of ether oxygens (including phenoxy) is 1. The maximum Gasteiger partial charge on any atom is 0.248 e. The van der Waals surface area contributed by atoms with E-state index in [4.69, 9.17) is 10.5 Å². The van der Waals surface area contributed by atoms with Gasteiger partial charge in [0.15, 0.2) is 0 Å². The van der Waals surface area contributed by atoms with Crippen LogP contribution in [0.4, 0.5) is 0 Å². The van der Waals surface area contributed by atoms with Crippen molar-refractivity contribution in [3.05, 3.63) is 0 Å². The Morgan fingerprint density at radius 1 is 1.43 bits per heavy atom. The summed E-state index contributed by atoms with van der Waals surface area (Å²) in [5.41, 5.74) is 5.30. The lowest BCUT2D eigenvalue weighted by atomic mass is 10.3. The number of hydrogen-bond donors (Lipinski definition) is 2. The zero-order valence-corrected chi connectivity index (χ0v) is 8.50. The highest BCUT2D eigenvalue weighted by molar-refractivity contribution is 5.77. The smallest absolute Gasteiger partial charge is 0.248 e. The van der Waals surface area contributed by atoms with Crippen LogP contribution in [-0.4, -0.2) is 56.7 Å². The average Bonchev–Trinajstić information content (AvgIpc) is 2.25. The van der Waals surface area contributed by atoms with Crippen LogP contribution in [-0.2, 0) is 9.53 Å². The van der Waals surface area contributed by atoms with Gasteiger partial charge in [-0.2, -0.15) is 0 Å². The largest absolute Gasteiger partial charge is 0.372 e. The van der Waals surface area contributed by atoms with Crippen molar-refractivity contribution in [2.75, 3.05) is 45.9 Å². The molecule has 0 bridgehead atoms. The number of nitrogens with two attached hydrogens (primary N) is 1. The van der Waals surface area contributed by atoms with E-state index in [0.29, 0.717) is 13.2 Å². The summed E-state index contributed by atoms with van der Waals surface area (Å²) in [6.45, 7) is 4.73. The molecule has 1 rings (SSSR count). The number of nitrogens with one attached hydrogen (secondary N) is 1. The molecule has 0 aliphatic carbocycles. The third kappa shape index (κ3) is 4.04. The number of piperazine rings is 1. The molecule has 3 N–H and O–H groups in total. The first-order chi connectivity index (χ1) is 6.84. The Balaban J connectivity index is 2.07. The predicted molar refractivity (Wildman–Crippen MR) is 53.9 cm³/mol. The molecule has 1 amide bonds. The van der Waals surface area contributed by atoms with Crippen molar-refractivity contribution in [2.24, 2.45) is 5.73 Å². The quantitative estimate of drug-likeness (QED) is 0.547. The van der Waals surface area contributed by atoms with Crippen LogP contribution in [0.25, 0.3) is 0 Å². The van der Waals surface area contributed by atoms with Gasteiger partial charge in [-0.05, 0) is 13.0 Å². The topological polar surface area (TPSA) is 67.6 Å². The van der Waals surface area contributed by atoms with Gasteiger partial charge in [-0.25, -0.2) is 0 Å². The summed E-state index contributed by atoms with van der Waals surface area (Å²) in [5, 5.41) is 3.19. The molecule has 0 aromatic heterocycles. The molecule has 1 heterocycles. The minimum atomic E-state index is 0.0866. The molecule has 1 fully saturated rings. The second-order valence-corrected chi connectivity index (χ2v) is 3.33. The highest BCUT2D eigenvalue weighted by Crippen LogP contribution is 1.94. The molecule has 1 saturated heterocycles. The molecule has 0 spiro atoms. The lowest BCUT2D eigenvalue weighted by Gasteiger charge is -2.27. The first kappa shape index (κ1) is 11.4. The highest BCUT2D eigenvalue weighted by atomic mass is 16.5. The molecule has 5 nitrogen and oxygen atoms in total. The number of carbonyl (C=O) groups is 1. The molecule has 0 aromatic rings. The molecular weight excluding hydrogens is 182 g/mol. The van der Waals surface area contributed by atoms with E-state index >= 15 is 0 Å². The molecule has 5 heteroatoms. The van der Waals surface area contributed by atoms with Crippen molar-refractivity contribution in [1.29, 1.82) is 0 Å². The predicted octanol–water partition coefficient (Wildman–Crippen LogP) is -1.22. The third-order valence-electron chi connectivity index (χ3n) is 2.19. The summed E-state index contributed by atoms with van der Waals surface area (Å²) in [6.07, 6.45) is 0.814. The molecular formula is C9H19N3O2. The average molecular weight is 201 g/mol. The summed E-state index contributed by atoms with van der Waals surface area (Å²) in [5.74, 6) is 0.0866. The summed E-state index contributed by atoms with van der Waals surface area (Å²) < 4.78 is 5.20. The van der Waals surface area contributed by atoms with E-state index in [1.54, 1.807) is 0 Å². The summed E-state index contributed by atoms with van der Waals surface area (Å²) in [4.78, 5) is 13.3. The second-order valence-electron chi connectivity index (χ2n) is 3.33. The molecule has 0 saturated carbocycles. The molecule has 82 valence electrons. The van der Waals surface area contributed by atoms with Crippen molar-refractivity contribution in [3.8, 4) is 0 Å². The van der Waals surface area contributed by atoms with Crippen molar-refractivity contribution in [3.63, 3.8) is 0 Å². The van der Waals surface area contributed by atoms with Gasteiger partial charge in [-0.15, -0.1) is 0 Å². The van der Waals surface area contributed by atoms with Gasteiger partial charge >= 0.3 is 0 Å². The van der Waals surface area contributed by atoms with Crippen LogP contribution in [0.1, 0.15) is 6.42 Å². The Morgan fingerprint density at radius 3 is 2.79 bits per heavy atom. The van der Waals surface area contributed by atoms with Crippen LogP contribution >= 0.6 is 0 Å². The van der Waals surface area contributed by atoms with Gasteiger partial charge in [-0.3, -0.25) is 4.79 Å². The fourth-order valence-corrected chi connectivity index (χ4v) is 1.35. The van der Waals surface area contributed by atoms with E-state index in [0.717, 1.165) is 32.6 Å². The van der Waals surface area contributed by atoms with E-state index in [9.17, 15) is 4.79 Å². The summed E-state index contributed by atoms with van der Waals surface area (Å²) in [6, 6.07) is 0. The van der Waals surface area contributed by atoms with Crippen LogP contribution in [0, 0.1) is 0 Å². The van der Waals surface area contributed by atoms with Gasteiger partial charge in [0.1, 0.15) is 6.61 Å². The fraction of sp³-hybridized carbons (Fsp3) is 0.889. The minimum Gasteiger partial charge on any atom is -0.372 e. The lowest BCUT2D eigenvalue weighted by molar-refractivity contribution is -0.136. The van der Waals surface area contributed by atoms with Crippen LogP contribution in [0.15, 0.2) is 0 Å². The minimum absolute atomic E-state index is 0.0866. The zero-order chi connectivity index (χ0) is 10.2.